The molecular weight excluding hydrogens is 275 g/mol. The molecule has 0 heterocycles. The van der Waals surface area contributed by atoms with Crippen molar-refractivity contribution in [1.29, 1.82) is 0 Å². The van der Waals surface area contributed by atoms with Gasteiger partial charge in [-0.3, -0.25) is 0 Å². The predicted molar refractivity (Wildman–Crippen MR) is 88.2 cm³/mol. The summed E-state index contributed by atoms with van der Waals surface area (Å²) in [6.07, 6.45) is 3.80. The second kappa shape index (κ2) is 6.51. The molecule has 0 aliphatic heterocycles. The molecule has 0 spiro atoms. The molecule has 2 aromatic carbocycles. The Hall–Kier alpha value is -1.83. The van der Waals surface area contributed by atoms with E-state index in [9.17, 15) is 4.39 Å². The number of fused-ring (bicyclic) bond motifs is 1. The summed E-state index contributed by atoms with van der Waals surface area (Å²) in [6.45, 7) is 4.75. The Kier molecular flexibility index (Phi) is 4.47. The van der Waals surface area contributed by atoms with Gasteiger partial charge in [0.2, 0.25) is 0 Å². The highest BCUT2D eigenvalue weighted by Gasteiger charge is 2.23. The first-order valence-electron chi connectivity index (χ1n) is 8.24. The molecule has 2 heteroatoms. The monoisotopic (exact) mass is 298 g/mol. The van der Waals surface area contributed by atoms with E-state index in [1.807, 2.05) is 19.1 Å². The van der Waals surface area contributed by atoms with E-state index in [0.717, 1.165) is 42.6 Å². The van der Waals surface area contributed by atoms with Crippen molar-refractivity contribution in [2.24, 2.45) is 0 Å². The maximum Gasteiger partial charge on any atom is 0.126 e. The first kappa shape index (κ1) is 15.1. The van der Waals surface area contributed by atoms with E-state index in [1.165, 1.54) is 11.1 Å². The summed E-state index contributed by atoms with van der Waals surface area (Å²) in [5.41, 5.74) is 4.63. The summed E-state index contributed by atoms with van der Waals surface area (Å²) >= 11 is 0. The molecule has 1 aliphatic rings. The average molecular weight is 298 g/mol. The molecule has 1 nitrogen and oxygen atoms in total. The molecule has 1 aliphatic carbocycles. The highest BCUT2D eigenvalue weighted by Crippen LogP contribution is 2.35. The van der Waals surface area contributed by atoms with Crippen LogP contribution >= 0.6 is 0 Å². The van der Waals surface area contributed by atoms with Crippen molar-refractivity contribution in [2.45, 2.75) is 45.4 Å². The normalized spacial score (nSPS) is 17.1. The molecule has 0 N–H and O–H groups in total. The van der Waals surface area contributed by atoms with Crippen LogP contribution in [0.3, 0.4) is 0 Å². The lowest BCUT2D eigenvalue weighted by atomic mass is 9.80. The quantitative estimate of drug-likeness (QED) is 0.766. The molecular formula is C20H23FO. The van der Waals surface area contributed by atoms with E-state index in [1.54, 1.807) is 6.07 Å². The van der Waals surface area contributed by atoms with Crippen LogP contribution in [0.1, 0.15) is 48.4 Å². The van der Waals surface area contributed by atoms with E-state index < -0.39 is 0 Å². The molecule has 3 rings (SSSR count). The molecule has 0 aromatic heterocycles. The SMILES string of the molecule is CCOc1ccc2c(c1)CCC(c1ccc(CC)cc1F)C2. The van der Waals surface area contributed by atoms with Crippen molar-refractivity contribution in [1.82, 2.24) is 0 Å². The van der Waals surface area contributed by atoms with Crippen LogP contribution in [0.15, 0.2) is 36.4 Å². The number of aryl methyl sites for hydroxylation is 2. The second-order valence-electron chi connectivity index (χ2n) is 6.01. The lowest BCUT2D eigenvalue weighted by Crippen LogP contribution is -2.14. The van der Waals surface area contributed by atoms with E-state index in [0.29, 0.717) is 6.61 Å². The summed E-state index contributed by atoms with van der Waals surface area (Å²) in [4.78, 5) is 0. The Morgan fingerprint density at radius 2 is 1.95 bits per heavy atom. The Labute approximate surface area is 132 Å². The molecule has 0 saturated heterocycles. The zero-order valence-corrected chi connectivity index (χ0v) is 13.4. The third kappa shape index (κ3) is 3.01. The average Bonchev–Trinajstić information content (AvgIpc) is 2.54. The molecule has 0 bridgehead atoms. The maximum atomic E-state index is 14.3. The Morgan fingerprint density at radius 3 is 2.68 bits per heavy atom. The van der Waals surface area contributed by atoms with Gasteiger partial charge < -0.3 is 4.74 Å². The number of rotatable bonds is 4. The summed E-state index contributed by atoms with van der Waals surface area (Å²) in [7, 11) is 0. The molecule has 0 fully saturated rings. The third-order valence-corrected chi connectivity index (χ3v) is 4.63. The van der Waals surface area contributed by atoms with Gasteiger partial charge in [0.15, 0.2) is 0 Å². The molecule has 116 valence electrons. The Balaban J connectivity index is 1.82. The van der Waals surface area contributed by atoms with Gasteiger partial charge in [-0.2, -0.15) is 0 Å². The fraction of sp³-hybridized carbons (Fsp3) is 0.400. The van der Waals surface area contributed by atoms with Gasteiger partial charge >= 0.3 is 0 Å². The highest BCUT2D eigenvalue weighted by atomic mass is 19.1. The molecule has 2 aromatic rings. The molecule has 0 amide bonds. The van der Waals surface area contributed by atoms with Crippen molar-refractivity contribution in [3.05, 3.63) is 64.5 Å². The zero-order chi connectivity index (χ0) is 15.5. The van der Waals surface area contributed by atoms with E-state index in [-0.39, 0.29) is 11.7 Å². The van der Waals surface area contributed by atoms with E-state index in [4.69, 9.17) is 4.74 Å². The van der Waals surface area contributed by atoms with Crippen molar-refractivity contribution >= 4 is 0 Å². The number of benzene rings is 2. The van der Waals surface area contributed by atoms with Crippen molar-refractivity contribution in [2.75, 3.05) is 6.61 Å². The standard InChI is InChI=1S/C20H23FO/c1-3-14-5-10-19(20(21)11-14)17-7-6-16-13-18(22-4-2)9-8-15(16)12-17/h5,8-11,13,17H,3-4,6-7,12H2,1-2H3. The molecule has 1 unspecified atom stereocenters. The molecule has 0 saturated carbocycles. The van der Waals surface area contributed by atoms with Crippen molar-refractivity contribution < 1.29 is 9.13 Å². The van der Waals surface area contributed by atoms with Gasteiger partial charge in [-0.15, -0.1) is 0 Å². The summed E-state index contributed by atoms with van der Waals surface area (Å²) in [6, 6.07) is 12.1. The van der Waals surface area contributed by atoms with Crippen LogP contribution in [0.4, 0.5) is 4.39 Å². The van der Waals surface area contributed by atoms with Gasteiger partial charge in [0.25, 0.3) is 0 Å². The minimum absolute atomic E-state index is 0.0428. The minimum Gasteiger partial charge on any atom is -0.494 e. The fourth-order valence-corrected chi connectivity index (χ4v) is 3.37. The van der Waals surface area contributed by atoms with Gasteiger partial charge in [-0.25, -0.2) is 4.39 Å². The molecule has 0 radical (unpaired) electrons. The van der Waals surface area contributed by atoms with Crippen LogP contribution in [-0.4, -0.2) is 6.61 Å². The predicted octanol–water partition coefficient (Wildman–Crippen LogP) is 5.06. The topological polar surface area (TPSA) is 9.23 Å². The smallest absolute Gasteiger partial charge is 0.126 e. The maximum absolute atomic E-state index is 14.3. The Morgan fingerprint density at radius 1 is 1.09 bits per heavy atom. The van der Waals surface area contributed by atoms with Crippen LogP contribution in [0, 0.1) is 5.82 Å². The number of ether oxygens (including phenoxy) is 1. The van der Waals surface area contributed by atoms with Crippen LogP contribution < -0.4 is 4.74 Å². The van der Waals surface area contributed by atoms with Gasteiger partial charge in [0.1, 0.15) is 11.6 Å². The third-order valence-electron chi connectivity index (χ3n) is 4.63. The highest BCUT2D eigenvalue weighted by molar-refractivity contribution is 5.40. The van der Waals surface area contributed by atoms with E-state index >= 15 is 0 Å². The number of halogens is 1. The number of hydrogen-bond acceptors (Lipinski definition) is 1. The van der Waals surface area contributed by atoms with Gasteiger partial charge in [0.05, 0.1) is 6.61 Å². The number of hydrogen-bond donors (Lipinski definition) is 0. The second-order valence-corrected chi connectivity index (χ2v) is 6.01. The van der Waals surface area contributed by atoms with Crippen LogP contribution in [0.5, 0.6) is 5.75 Å². The lowest BCUT2D eigenvalue weighted by Gasteiger charge is -2.26. The first-order chi connectivity index (χ1) is 10.7. The lowest BCUT2D eigenvalue weighted by molar-refractivity contribution is 0.339. The Bertz CT molecular complexity index is 663. The van der Waals surface area contributed by atoms with E-state index in [2.05, 4.69) is 25.1 Å². The summed E-state index contributed by atoms with van der Waals surface area (Å²) in [5, 5.41) is 0. The largest absolute Gasteiger partial charge is 0.494 e. The van der Waals surface area contributed by atoms with Crippen molar-refractivity contribution in [3.8, 4) is 5.75 Å². The molecule has 22 heavy (non-hydrogen) atoms. The van der Waals surface area contributed by atoms with Crippen LogP contribution in [-0.2, 0) is 19.3 Å². The van der Waals surface area contributed by atoms with Crippen LogP contribution in [0.25, 0.3) is 0 Å². The first-order valence-corrected chi connectivity index (χ1v) is 8.24. The summed E-state index contributed by atoms with van der Waals surface area (Å²) < 4.78 is 19.9. The summed E-state index contributed by atoms with van der Waals surface area (Å²) in [5.74, 6) is 1.19. The van der Waals surface area contributed by atoms with Crippen molar-refractivity contribution in [3.63, 3.8) is 0 Å². The van der Waals surface area contributed by atoms with Gasteiger partial charge in [-0.1, -0.05) is 25.1 Å². The van der Waals surface area contributed by atoms with Crippen LogP contribution in [0.2, 0.25) is 0 Å². The van der Waals surface area contributed by atoms with Gasteiger partial charge in [-0.05, 0) is 79.0 Å². The molecule has 1 atom stereocenters. The van der Waals surface area contributed by atoms with Gasteiger partial charge in [0, 0.05) is 0 Å². The zero-order valence-electron chi connectivity index (χ0n) is 13.4. The minimum atomic E-state index is -0.0428. The fourth-order valence-electron chi connectivity index (χ4n) is 3.37.